The van der Waals surface area contributed by atoms with Crippen molar-refractivity contribution >= 4 is 41.3 Å². The number of piperidine rings is 2. The highest BCUT2D eigenvalue weighted by atomic mass is 16.3. The van der Waals surface area contributed by atoms with Gasteiger partial charge in [0.2, 0.25) is 5.91 Å². The summed E-state index contributed by atoms with van der Waals surface area (Å²) in [5, 5.41) is 29.5. The number of carbonyl (C=O) groups is 3. The molecule has 0 aromatic heterocycles. The summed E-state index contributed by atoms with van der Waals surface area (Å²) in [4.78, 5) is 42.4. The Hall–Kier alpha value is -5.13. The fourth-order valence-corrected chi connectivity index (χ4v) is 7.63. The van der Waals surface area contributed by atoms with E-state index in [4.69, 9.17) is 16.6 Å². The van der Waals surface area contributed by atoms with Gasteiger partial charge in [-0.1, -0.05) is 36.4 Å². The number of likely N-dealkylation sites (N-methyl/N-ethyl adjacent to an activating group) is 2. The molecule has 1 atom stereocenters. The van der Waals surface area contributed by atoms with Gasteiger partial charge >= 0.3 is 0 Å². The van der Waals surface area contributed by atoms with E-state index in [2.05, 4.69) is 33.3 Å². The van der Waals surface area contributed by atoms with Crippen molar-refractivity contribution in [1.82, 2.24) is 15.1 Å². The van der Waals surface area contributed by atoms with E-state index in [-0.39, 0.29) is 23.2 Å². The van der Waals surface area contributed by atoms with E-state index in [0.717, 1.165) is 81.2 Å². The number of aromatic hydroxyl groups is 1. The third-order valence-electron chi connectivity index (χ3n) is 10.7. The van der Waals surface area contributed by atoms with Crippen LogP contribution in [0.4, 0.5) is 5.69 Å². The Morgan fingerprint density at radius 2 is 1.69 bits per heavy atom. The van der Waals surface area contributed by atoms with Gasteiger partial charge in [-0.05, 0) is 111 Å². The van der Waals surface area contributed by atoms with Crippen molar-refractivity contribution in [2.45, 2.75) is 63.1 Å². The number of nitrogens with zero attached hydrogens (tertiary/aromatic N) is 3. The number of para-hydroxylation sites is 1. The molecule has 2 aliphatic heterocycles. The van der Waals surface area contributed by atoms with Gasteiger partial charge in [0.05, 0.1) is 11.8 Å². The van der Waals surface area contributed by atoms with Crippen molar-refractivity contribution in [3.63, 3.8) is 0 Å². The molecule has 2 aliphatic rings. The third-order valence-corrected chi connectivity index (χ3v) is 10.7. The van der Waals surface area contributed by atoms with Crippen LogP contribution in [-0.2, 0) is 16.1 Å². The molecule has 52 heavy (non-hydrogen) atoms. The fourth-order valence-electron chi connectivity index (χ4n) is 7.63. The number of rotatable bonds is 15. The summed E-state index contributed by atoms with van der Waals surface area (Å²) >= 11 is 0. The Bertz CT molecular complexity index is 1770. The number of nitrogens with two attached hydrogens (primary N) is 1. The first kappa shape index (κ1) is 38.1. The van der Waals surface area contributed by atoms with Crippen molar-refractivity contribution in [3.05, 3.63) is 101 Å². The van der Waals surface area contributed by atoms with Gasteiger partial charge < -0.3 is 36.2 Å². The highest BCUT2D eigenvalue weighted by molar-refractivity contribution is 6.27. The van der Waals surface area contributed by atoms with E-state index < -0.39 is 6.04 Å². The predicted octanol–water partition coefficient (Wildman–Crippen LogP) is 4.97. The van der Waals surface area contributed by atoms with Crippen LogP contribution in [0.1, 0.15) is 77.1 Å². The number of carbonyl (C=O) groups excluding carboxylic acids is 3. The Labute approximate surface area is 306 Å². The van der Waals surface area contributed by atoms with Gasteiger partial charge in [0.15, 0.2) is 0 Å². The number of nitrogens with one attached hydrogen (secondary N) is 3. The largest absolute Gasteiger partial charge is 0.507 e. The van der Waals surface area contributed by atoms with Crippen LogP contribution >= 0.6 is 0 Å². The van der Waals surface area contributed by atoms with Crippen molar-refractivity contribution in [2.24, 2.45) is 5.73 Å². The normalized spacial score (nSPS) is 16.8. The summed E-state index contributed by atoms with van der Waals surface area (Å²) in [6.45, 7) is 4.35. The summed E-state index contributed by atoms with van der Waals surface area (Å²) < 4.78 is 0. The summed E-state index contributed by atoms with van der Waals surface area (Å²) in [6, 6.07) is 20.9. The van der Waals surface area contributed by atoms with Crippen LogP contribution in [0.5, 0.6) is 5.75 Å². The van der Waals surface area contributed by atoms with Crippen LogP contribution in [0.25, 0.3) is 5.57 Å². The van der Waals surface area contributed by atoms with E-state index in [1.54, 1.807) is 25.2 Å². The van der Waals surface area contributed by atoms with Gasteiger partial charge in [0.25, 0.3) is 0 Å². The second-order valence-electron chi connectivity index (χ2n) is 13.8. The summed E-state index contributed by atoms with van der Waals surface area (Å²) in [5.74, 6) is 0.190. The van der Waals surface area contributed by atoms with Crippen LogP contribution in [0, 0.1) is 10.8 Å². The van der Waals surface area contributed by atoms with Gasteiger partial charge in [-0.2, -0.15) is 0 Å². The molecule has 3 aromatic rings. The summed E-state index contributed by atoms with van der Waals surface area (Å²) in [7, 11) is 3.45. The van der Waals surface area contributed by atoms with Crippen LogP contribution in [-0.4, -0.2) is 97.3 Å². The molecule has 3 aromatic carbocycles. The van der Waals surface area contributed by atoms with Gasteiger partial charge in [0.1, 0.15) is 24.2 Å². The zero-order valence-corrected chi connectivity index (χ0v) is 30.2. The average Bonchev–Trinajstić information content (AvgIpc) is 3.17. The number of amides is 1. The molecule has 2 saturated heterocycles. The van der Waals surface area contributed by atoms with E-state index in [9.17, 15) is 19.5 Å². The van der Waals surface area contributed by atoms with Gasteiger partial charge in [0, 0.05) is 61.5 Å². The standard InChI is InChI=1S/C41H51N7O4/c1-45-41(52)38(7-5-23-49)46(2)26-32-24-34(14-13-31(32)27-50)48-21-17-33(18-22-48)47-19-15-29(16-20-47)28-9-11-30(12-10-28)36(40(43)44)25-37(42)35-6-3-4-8-39(35)51/h3-4,6,8-14,23-25,27,29,33,38,42,51H,5,7,15-22,26H2,1-2H3,(H3,43,44)(H,45,52)/b36-25-,42-37?. The van der Waals surface area contributed by atoms with Crippen LogP contribution in [0.3, 0.4) is 0 Å². The fraction of sp³-hybridized carbons (Fsp3) is 0.390. The van der Waals surface area contributed by atoms with Crippen molar-refractivity contribution in [2.75, 3.05) is 45.2 Å². The number of hydrogen-bond donors (Lipinski definition) is 5. The highest BCUT2D eigenvalue weighted by Crippen LogP contribution is 2.33. The topological polar surface area (TPSA) is 167 Å². The number of allylic oxidation sites excluding steroid dienone is 1. The third kappa shape index (κ3) is 9.20. The summed E-state index contributed by atoms with van der Waals surface area (Å²) in [6.07, 6.45) is 8.21. The zero-order valence-electron chi connectivity index (χ0n) is 30.2. The number of likely N-dealkylation sites (tertiary alicyclic amines) is 1. The maximum absolute atomic E-state index is 12.5. The minimum Gasteiger partial charge on any atom is -0.507 e. The minimum atomic E-state index is -0.460. The van der Waals surface area contributed by atoms with Crippen molar-refractivity contribution < 1.29 is 19.5 Å². The quantitative estimate of drug-likeness (QED) is 0.0840. The molecule has 2 heterocycles. The van der Waals surface area contributed by atoms with E-state index in [0.29, 0.717) is 48.0 Å². The minimum absolute atomic E-state index is 0.0146. The molecule has 0 bridgehead atoms. The van der Waals surface area contributed by atoms with Crippen LogP contribution < -0.4 is 16.0 Å². The number of phenolic OH excluding ortho intramolecular Hbond substituents is 1. The Morgan fingerprint density at radius 1 is 1.00 bits per heavy atom. The number of amidine groups is 1. The molecule has 2 fully saturated rings. The number of hydrogen-bond acceptors (Lipinski definition) is 9. The molecule has 1 unspecified atom stereocenters. The second kappa shape index (κ2) is 17.9. The molecule has 11 nitrogen and oxygen atoms in total. The lowest BCUT2D eigenvalue weighted by atomic mass is 9.87. The maximum atomic E-state index is 12.5. The molecule has 274 valence electrons. The summed E-state index contributed by atoms with van der Waals surface area (Å²) in [5.41, 5.74) is 11.4. The lowest BCUT2D eigenvalue weighted by Crippen LogP contribution is -2.47. The first-order valence-electron chi connectivity index (χ1n) is 18.1. The van der Waals surface area contributed by atoms with Crippen LogP contribution in [0.2, 0.25) is 0 Å². The predicted molar refractivity (Wildman–Crippen MR) is 207 cm³/mol. The monoisotopic (exact) mass is 705 g/mol. The second-order valence-corrected chi connectivity index (χ2v) is 13.8. The number of phenols is 1. The Kier molecular flexibility index (Phi) is 13.1. The van der Waals surface area contributed by atoms with E-state index >= 15 is 0 Å². The lowest BCUT2D eigenvalue weighted by molar-refractivity contribution is -0.126. The Balaban J connectivity index is 1.15. The van der Waals surface area contributed by atoms with Crippen molar-refractivity contribution in [1.29, 1.82) is 10.8 Å². The van der Waals surface area contributed by atoms with E-state index in [1.807, 2.05) is 36.2 Å². The molecule has 5 rings (SSSR count). The van der Waals surface area contributed by atoms with Crippen LogP contribution in [0.15, 0.2) is 72.8 Å². The molecule has 0 aliphatic carbocycles. The first-order chi connectivity index (χ1) is 25.1. The van der Waals surface area contributed by atoms with Gasteiger partial charge in [-0.25, -0.2) is 0 Å². The molecular weight excluding hydrogens is 654 g/mol. The maximum Gasteiger partial charge on any atom is 0.237 e. The smallest absolute Gasteiger partial charge is 0.237 e. The highest BCUT2D eigenvalue weighted by Gasteiger charge is 2.29. The number of aldehydes is 2. The first-order valence-corrected chi connectivity index (χ1v) is 18.1. The molecule has 0 saturated carbocycles. The molecule has 0 radical (unpaired) electrons. The number of benzene rings is 3. The van der Waals surface area contributed by atoms with Gasteiger partial charge in [-0.15, -0.1) is 0 Å². The Morgan fingerprint density at radius 3 is 2.31 bits per heavy atom. The number of anilines is 1. The zero-order chi connectivity index (χ0) is 37.2. The van der Waals surface area contributed by atoms with Crippen molar-refractivity contribution in [3.8, 4) is 5.75 Å². The molecule has 6 N–H and O–H groups in total. The SMILES string of the molecule is CNC(=O)C(CCC=O)N(C)Cc1cc(N2CCC(N3CCC(c4ccc(/C(=C/C(=N)c5ccccc5O)C(=N)N)cc4)CC3)CC2)ccc1C=O. The van der Waals surface area contributed by atoms with E-state index in [1.165, 1.54) is 17.7 Å². The average molecular weight is 706 g/mol. The molecule has 11 heteroatoms. The molecule has 0 spiro atoms. The molecule has 1 amide bonds. The molecular formula is C41H51N7O4. The lowest BCUT2D eigenvalue weighted by Gasteiger charge is -2.42. The van der Waals surface area contributed by atoms with Gasteiger partial charge in [-0.3, -0.25) is 19.9 Å².